The predicted molar refractivity (Wildman–Crippen MR) is 395 cm³/mol. The highest BCUT2D eigenvalue weighted by Crippen LogP contribution is 2.36. The van der Waals surface area contributed by atoms with Crippen LogP contribution in [-0.4, -0.2) is 119 Å². The lowest BCUT2D eigenvalue weighted by Gasteiger charge is -2.39. The van der Waals surface area contributed by atoms with Gasteiger partial charge in [-0.1, -0.05) is 120 Å². The van der Waals surface area contributed by atoms with Gasteiger partial charge in [0.25, 0.3) is 0 Å². The van der Waals surface area contributed by atoms with Gasteiger partial charge in [-0.05, 0) is 133 Å². The quantitative estimate of drug-likeness (QED) is 0.0428. The molecule has 0 bridgehead atoms. The minimum absolute atomic E-state index is 0.00650. The van der Waals surface area contributed by atoms with Crippen LogP contribution in [0.4, 0.5) is 43.9 Å². The Morgan fingerprint density at radius 1 is 0.538 bits per heavy atom. The molecule has 8 aromatic carbocycles. The van der Waals surface area contributed by atoms with Crippen LogP contribution in [0.2, 0.25) is 0 Å². The van der Waals surface area contributed by atoms with Gasteiger partial charge in [-0.15, -0.1) is 23.5 Å². The van der Waals surface area contributed by atoms with Crippen LogP contribution in [0.1, 0.15) is 128 Å². The highest BCUT2D eigenvalue weighted by molar-refractivity contribution is 7.98. The number of thioether (sulfide) groups is 2. The highest BCUT2D eigenvalue weighted by atomic mass is 32.2. The smallest absolute Gasteiger partial charge is 0.383 e. The molecule has 0 radical (unpaired) electrons. The van der Waals surface area contributed by atoms with Crippen LogP contribution < -0.4 is 10.9 Å². The molecule has 2 amide bonds. The van der Waals surface area contributed by atoms with Crippen molar-refractivity contribution in [1.82, 2.24) is 28.7 Å². The first-order chi connectivity index (χ1) is 67.1. The lowest BCUT2D eigenvalue weighted by Crippen LogP contribution is -2.48. The number of carbonyl (C=O) groups is 2. The van der Waals surface area contributed by atoms with Crippen LogP contribution in [-0.2, 0) is 68.9 Å². The topological polar surface area (TPSA) is 110 Å². The zero-order chi connectivity index (χ0) is 113. The number of fused-ring (bicyclic) bond motifs is 2. The summed E-state index contributed by atoms with van der Waals surface area (Å²) in [5.41, 5.74) is -15.4. The van der Waals surface area contributed by atoms with Gasteiger partial charge in [0.2, 0.25) is 11.8 Å². The van der Waals surface area contributed by atoms with E-state index in [2.05, 4.69) is 9.47 Å². The van der Waals surface area contributed by atoms with Gasteiger partial charge in [0.05, 0.1) is 78.3 Å². The van der Waals surface area contributed by atoms with Gasteiger partial charge >= 0.3 is 12.4 Å². The minimum Gasteiger partial charge on any atom is -0.383 e. The average molecular weight is 1540 g/mol. The van der Waals surface area contributed by atoms with Crippen molar-refractivity contribution in [3.05, 3.63) is 270 Å². The summed E-state index contributed by atoms with van der Waals surface area (Å²) in [7, 11) is -6.46. The fourth-order valence-electron chi connectivity index (χ4n) is 9.63. The first-order valence-corrected chi connectivity index (χ1v) is 32.5. The van der Waals surface area contributed by atoms with Crippen LogP contribution in [0.3, 0.4) is 0 Å². The fourth-order valence-corrected chi connectivity index (χ4v) is 11.3. The molecule has 2 fully saturated rings. The third-order valence-corrected chi connectivity index (χ3v) is 16.7. The van der Waals surface area contributed by atoms with Crippen molar-refractivity contribution < 1.29 is 121 Å². The molecular weight excluding hydrogens is 1420 g/mol. The number of nitrogens with zero attached hydrogens (tertiary/aromatic N) is 6. The molecule has 0 saturated carbocycles. The standard InChI is InChI=1S/2C41H40F5N3O3S/c2*1-27-6-15-36-34(22-27)37(50)23-39(53-26-31-4-3-5-35(42)40(31)43)49(36)25-38(51)48(33-16-18-47(19-17-33)20-21-52-2)24-28-7-9-29(10-8-28)30-11-13-32(14-12-30)41(44,45)46/h2*3-15,22-23,33H,16-21,24-26H2,1-2H3/i2D3,6D,15D,16D2,17D2,18D2,19D2,22D,23D,24D2,25D2,26D2,33D;2D3,6D,15D,16D2,17D2,18D2,19D2,22D,23D,24D2,25D2,33D. The predicted octanol–water partition coefficient (Wildman–Crippen LogP) is 17.4. The molecule has 556 valence electrons. The maximum Gasteiger partial charge on any atom is 0.416 e. The van der Waals surface area contributed by atoms with E-state index in [-0.39, 0.29) is 58.5 Å². The lowest BCUT2D eigenvalue weighted by atomic mass is 10.00. The highest BCUT2D eigenvalue weighted by Gasteiger charge is 2.34. The largest absolute Gasteiger partial charge is 0.416 e. The number of likely N-dealkylation sites (tertiary alicyclic amines) is 2. The Morgan fingerprint density at radius 2 is 0.915 bits per heavy atom. The molecule has 12 rings (SSSR count). The summed E-state index contributed by atoms with van der Waals surface area (Å²) in [6, 6.07) is 0.183. The van der Waals surface area contributed by atoms with E-state index in [0.717, 1.165) is 111 Å². The van der Waals surface area contributed by atoms with E-state index >= 15 is 18.4 Å². The maximum atomic E-state index is 15.8. The van der Waals surface area contributed by atoms with Gasteiger partial charge in [-0.2, -0.15) is 26.3 Å². The van der Waals surface area contributed by atoms with E-state index in [1.165, 1.54) is 0 Å². The number of hydrogen-bond acceptors (Lipinski definition) is 10. The van der Waals surface area contributed by atoms with Crippen LogP contribution in [0, 0.1) is 37.1 Å². The number of piperidine rings is 2. The third-order valence-electron chi connectivity index (χ3n) is 14.9. The molecule has 2 aliphatic heterocycles. The molecule has 106 heavy (non-hydrogen) atoms. The second-order valence-electron chi connectivity index (χ2n) is 22.1. The normalized spacial score (nSPS) is 25.3. The second-order valence-corrected chi connectivity index (χ2v) is 23.9. The zero-order valence-corrected chi connectivity index (χ0v) is 56.1. The molecule has 2 aromatic heterocycles. The summed E-state index contributed by atoms with van der Waals surface area (Å²) >= 11 is -0.380. The molecule has 0 spiro atoms. The molecule has 10 aromatic rings. The molecule has 12 nitrogen and oxygen atoms in total. The van der Waals surface area contributed by atoms with Gasteiger partial charge in [0.1, 0.15) is 13.0 Å². The summed E-state index contributed by atoms with van der Waals surface area (Å²) in [5.74, 6) is -12.6. The summed E-state index contributed by atoms with van der Waals surface area (Å²) in [5, 5.41) is -4.72. The Bertz CT molecular complexity index is 6950. The van der Waals surface area contributed by atoms with Gasteiger partial charge < -0.3 is 38.2 Å². The number of benzene rings is 8. The van der Waals surface area contributed by atoms with E-state index in [4.69, 9.17) is 32.9 Å². The van der Waals surface area contributed by atoms with E-state index in [0.29, 0.717) is 36.4 Å². The van der Waals surface area contributed by atoms with Crippen molar-refractivity contribution in [3.63, 3.8) is 0 Å². The first-order valence-electron chi connectivity index (χ1n) is 51.7. The molecule has 2 aliphatic rings. The van der Waals surface area contributed by atoms with E-state index < -0.39 is 340 Å². The monoisotopic (exact) mass is 1540 g/mol. The van der Waals surface area contributed by atoms with Crippen LogP contribution >= 0.6 is 23.5 Å². The Labute approximate surface area is 675 Å². The second kappa shape index (κ2) is 35.1. The fraction of sp³-hybridized carbons (Fsp3) is 0.317. The van der Waals surface area contributed by atoms with Gasteiger partial charge in [0.15, 0.2) is 34.1 Å². The number of pyridine rings is 2. The molecule has 0 aliphatic carbocycles. The Kier molecular flexibility index (Phi) is 13.3. The van der Waals surface area contributed by atoms with Gasteiger partial charge in [-0.25, -0.2) is 17.6 Å². The number of aromatic nitrogens is 2. The molecular formula is C82H80F10N6O6S2. The SMILES string of the molecule is [2H]c1c(C)c([2H])c2c(=O)c([2H])c(SC([2H])([2H])c3cccc(F)c3F)n(C([2H])([2H])C(=O)N(C([2H])([2H])c3ccc(-c4ccc(C(F)(F)F)cc4)cc3)C3([2H])C([2H])([2H])C([2H])([2H])N(CCOC([2H])([2H])[2H])C([2H])([2H])C3([2H])[2H])c2c1[2H].[2H]c1c(C)c([2H])c2c(=O)c([2H])c(SCc3cccc(F)c3F)n(C([2H])([2H])C(=O)N(C([2H])([2H])c3ccc(-c4ccc(C(F)(F)F)cc4)cc3)C3([2H])C([2H])([2H])C([2H])([2H])N(CCOC([2H])([2H])[2H])C([2H])([2H])C3([2H])[2H])c2c1[2H]. The molecule has 0 atom stereocenters. The van der Waals surface area contributed by atoms with E-state index in [1.807, 2.05) is 0 Å². The maximum absolute atomic E-state index is 15.8. The Hall–Kier alpha value is -9.04. The van der Waals surface area contributed by atoms with Gasteiger partial charge in [0, 0.05) is 148 Å². The van der Waals surface area contributed by atoms with Crippen molar-refractivity contribution in [1.29, 1.82) is 0 Å². The lowest BCUT2D eigenvalue weighted by molar-refractivity contribution is -0.138. The van der Waals surface area contributed by atoms with Crippen LogP contribution in [0.25, 0.3) is 44.1 Å². The number of methoxy groups -OCH3 is 2. The third kappa shape index (κ3) is 19.6. The summed E-state index contributed by atoms with van der Waals surface area (Å²) < 4.78 is 523. The Balaban J connectivity index is 0.000000281. The number of alkyl halides is 6. The van der Waals surface area contributed by atoms with E-state index in [1.54, 1.807) is 0 Å². The minimum atomic E-state index is -4.83. The number of halogens is 10. The number of hydrogen-bond donors (Lipinski definition) is 0. The molecule has 0 N–H and O–H groups in total. The van der Waals surface area contributed by atoms with Crippen LogP contribution in [0.15, 0.2) is 201 Å². The average Bonchev–Trinajstić information content (AvgIpc) is 0.659. The first kappa shape index (κ1) is 40.2. The number of amides is 2. The van der Waals surface area contributed by atoms with Crippen molar-refractivity contribution in [3.8, 4) is 22.3 Å². The molecule has 24 heteroatoms. The van der Waals surface area contributed by atoms with Crippen LogP contribution in [0.5, 0.6) is 0 Å². The van der Waals surface area contributed by atoms with Crippen molar-refractivity contribution in [2.24, 2.45) is 0 Å². The Morgan fingerprint density at radius 3 is 1.31 bits per heavy atom. The summed E-state index contributed by atoms with van der Waals surface area (Å²) in [6.45, 7) is -36.7. The van der Waals surface area contributed by atoms with Gasteiger partial charge in [-0.3, -0.25) is 19.2 Å². The summed E-state index contributed by atoms with van der Waals surface area (Å²) in [4.78, 5) is 57.5. The van der Waals surface area contributed by atoms with Crippen molar-refractivity contribution >= 4 is 57.1 Å². The molecule has 2 saturated heterocycles. The number of carbonyl (C=O) groups excluding carboxylic acids is 2. The molecule has 4 heterocycles. The number of ether oxygens (including phenoxy) is 2. The molecule has 0 unspecified atom stereocenters. The zero-order valence-electron chi connectivity index (χ0n) is 96.5. The summed E-state index contributed by atoms with van der Waals surface area (Å²) in [6.07, 6.45) is -27.7. The van der Waals surface area contributed by atoms with Crippen molar-refractivity contribution in [2.75, 3.05) is 66.4 Å². The number of rotatable bonds is 24. The van der Waals surface area contributed by atoms with E-state index in [9.17, 15) is 69.4 Å². The van der Waals surface area contributed by atoms with Crippen molar-refractivity contribution in [2.45, 2.75) is 111 Å².